The lowest BCUT2D eigenvalue weighted by atomic mass is 9.99. The van der Waals surface area contributed by atoms with Crippen LogP contribution in [-0.2, 0) is 14.3 Å². The van der Waals surface area contributed by atoms with Crippen molar-refractivity contribution in [2.75, 3.05) is 7.11 Å². The normalized spacial score (nSPS) is 24.2. The Morgan fingerprint density at radius 3 is 2.31 bits per heavy atom. The van der Waals surface area contributed by atoms with Gasteiger partial charge in [-0.3, -0.25) is 4.79 Å². The molecule has 0 aromatic heterocycles. The summed E-state index contributed by atoms with van der Waals surface area (Å²) in [6.45, 7) is 5.69. The number of alkyl halides is 1. The van der Waals surface area contributed by atoms with Crippen molar-refractivity contribution >= 4 is 17.6 Å². The molecular weight excluding hydrogens is 393 g/mol. The number of rotatable bonds is 6. The number of hydrogen-bond acceptors (Lipinski definition) is 4. The number of benzene rings is 2. The zero-order valence-corrected chi connectivity index (χ0v) is 17.5. The van der Waals surface area contributed by atoms with Crippen LogP contribution in [-0.4, -0.2) is 18.7 Å². The van der Waals surface area contributed by atoms with Crippen molar-refractivity contribution < 1.29 is 18.7 Å². The van der Waals surface area contributed by atoms with E-state index >= 15 is 0 Å². The Morgan fingerprint density at radius 2 is 1.76 bits per heavy atom. The molecule has 1 saturated carbocycles. The monoisotopic (exact) mass is 415 g/mol. The van der Waals surface area contributed by atoms with E-state index in [1.807, 2.05) is 26.8 Å². The largest absolute Gasteiger partial charge is 0.442 e. The molecule has 0 saturated heterocycles. The number of nitriles is 1. The number of hydrogen-bond donors (Lipinski definition) is 0. The zero-order valence-electron chi connectivity index (χ0n) is 16.8. The standard InChI is InChI=1S/C23H23ClFNO3/c1-22(2)20(23(22,3)28-4)21(27)29-18(13-26)15-6-5-7-16(12-15)19(25)14-8-10-17(24)11-9-14/h5-12,18-20H,1-4H3. The summed E-state index contributed by atoms with van der Waals surface area (Å²) in [5.41, 5.74) is 0.221. The summed E-state index contributed by atoms with van der Waals surface area (Å²) in [7, 11) is 1.55. The Morgan fingerprint density at radius 1 is 1.14 bits per heavy atom. The van der Waals surface area contributed by atoms with Gasteiger partial charge in [-0.05, 0) is 36.2 Å². The number of halogens is 2. The van der Waals surface area contributed by atoms with Crippen LogP contribution < -0.4 is 0 Å². The van der Waals surface area contributed by atoms with Gasteiger partial charge < -0.3 is 9.47 Å². The van der Waals surface area contributed by atoms with Gasteiger partial charge in [0.15, 0.2) is 6.17 Å². The number of nitrogens with zero attached hydrogens (tertiary/aromatic N) is 1. The van der Waals surface area contributed by atoms with Crippen LogP contribution in [0.15, 0.2) is 48.5 Å². The Kier molecular flexibility index (Phi) is 5.71. The highest BCUT2D eigenvalue weighted by molar-refractivity contribution is 6.30. The first-order chi connectivity index (χ1) is 13.7. The summed E-state index contributed by atoms with van der Waals surface area (Å²) >= 11 is 5.86. The maximum atomic E-state index is 14.9. The van der Waals surface area contributed by atoms with Crippen molar-refractivity contribution in [1.29, 1.82) is 5.26 Å². The lowest BCUT2D eigenvalue weighted by molar-refractivity contribution is -0.150. The molecule has 0 aliphatic heterocycles. The van der Waals surface area contributed by atoms with E-state index in [0.717, 1.165) is 0 Å². The summed E-state index contributed by atoms with van der Waals surface area (Å²) in [6, 6.07) is 14.9. The van der Waals surface area contributed by atoms with Crippen LogP contribution in [0.5, 0.6) is 0 Å². The molecule has 1 aliphatic carbocycles. The highest BCUT2D eigenvalue weighted by Gasteiger charge is 2.73. The van der Waals surface area contributed by atoms with Crippen LogP contribution in [0, 0.1) is 22.7 Å². The Bertz CT molecular complexity index is 953. The Labute approximate surface area is 175 Å². The number of carbonyl (C=O) groups excluding carboxylic acids is 1. The summed E-state index contributed by atoms with van der Waals surface area (Å²) in [4.78, 5) is 12.7. The van der Waals surface area contributed by atoms with E-state index < -0.39 is 29.8 Å². The van der Waals surface area contributed by atoms with Gasteiger partial charge in [0.05, 0.1) is 11.5 Å². The van der Waals surface area contributed by atoms with Crippen molar-refractivity contribution in [3.05, 3.63) is 70.2 Å². The number of carbonyl (C=O) groups is 1. The van der Waals surface area contributed by atoms with Crippen LogP contribution in [0.1, 0.15) is 49.7 Å². The Hall–Kier alpha value is -2.42. The second kappa shape index (κ2) is 7.78. The second-order valence-electron chi connectivity index (χ2n) is 8.00. The van der Waals surface area contributed by atoms with Gasteiger partial charge in [-0.1, -0.05) is 55.8 Å². The van der Waals surface area contributed by atoms with Crippen molar-refractivity contribution in [2.45, 2.75) is 38.6 Å². The predicted octanol–water partition coefficient (Wildman–Crippen LogP) is 5.57. The van der Waals surface area contributed by atoms with Gasteiger partial charge in [-0.25, -0.2) is 4.39 Å². The minimum absolute atomic E-state index is 0.370. The molecule has 1 aliphatic rings. The van der Waals surface area contributed by atoms with Crippen molar-refractivity contribution in [3.63, 3.8) is 0 Å². The molecule has 152 valence electrons. The third-order valence-electron chi connectivity index (χ3n) is 6.15. The fraction of sp³-hybridized carbons (Fsp3) is 0.391. The molecule has 2 aromatic carbocycles. The molecule has 0 radical (unpaired) electrons. The van der Waals surface area contributed by atoms with Crippen LogP contribution >= 0.6 is 11.6 Å². The molecule has 3 rings (SSSR count). The number of ether oxygens (including phenoxy) is 2. The van der Waals surface area contributed by atoms with E-state index in [2.05, 4.69) is 0 Å². The van der Waals surface area contributed by atoms with Gasteiger partial charge in [0, 0.05) is 23.1 Å². The Balaban J connectivity index is 1.79. The van der Waals surface area contributed by atoms with Gasteiger partial charge in [0.1, 0.15) is 6.07 Å². The van der Waals surface area contributed by atoms with Gasteiger partial charge in [0.2, 0.25) is 6.10 Å². The number of methoxy groups -OCH3 is 1. The lowest BCUT2D eigenvalue weighted by Gasteiger charge is -2.15. The zero-order chi connectivity index (χ0) is 21.4. The van der Waals surface area contributed by atoms with E-state index in [1.54, 1.807) is 55.6 Å². The molecule has 0 spiro atoms. The summed E-state index contributed by atoms with van der Waals surface area (Å²) in [5, 5.41) is 10.1. The van der Waals surface area contributed by atoms with Gasteiger partial charge in [-0.15, -0.1) is 0 Å². The third-order valence-corrected chi connectivity index (χ3v) is 6.40. The van der Waals surface area contributed by atoms with Crippen molar-refractivity contribution in [1.82, 2.24) is 0 Å². The first-order valence-electron chi connectivity index (χ1n) is 9.30. The fourth-order valence-corrected chi connectivity index (χ4v) is 4.02. The van der Waals surface area contributed by atoms with E-state index in [9.17, 15) is 14.4 Å². The summed E-state index contributed by atoms with van der Waals surface area (Å²) in [5.74, 6) is -0.965. The van der Waals surface area contributed by atoms with Gasteiger partial charge in [0.25, 0.3) is 0 Å². The lowest BCUT2D eigenvalue weighted by Crippen LogP contribution is -2.19. The first kappa shape index (κ1) is 21.3. The second-order valence-corrected chi connectivity index (χ2v) is 8.43. The smallest absolute Gasteiger partial charge is 0.314 e. The van der Waals surface area contributed by atoms with Crippen LogP contribution in [0.25, 0.3) is 0 Å². The predicted molar refractivity (Wildman–Crippen MR) is 108 cm³/mol. The molecule has 0 N–H and O–H groups in total. The van der Waals surface area contributed by atoms with Crippen LogP contribution in [0.3, 0.4) is 0 Å². The first-order valence-corrected chi connectivity index (χ1v) is 9.68. The molecule has 0 heterocycles. The average Bonchev–Trinajstić information content (AvgIpc) is 3.18. The van der Waals surface area contributed by atoms with E-state index in [0.29, 0.717) is 21.7 Å². The fourth-order valence-electron chi connectivity index (χ4n) is 3.90. The SMILES string of the molecule is COC1(C)C(C(=O)OC(C#N)c2cccc(C(F)c3ccc(Cl)cc3)c2)C1(C)C. The van der Waals surface area contributed by atoms with E-state index in [-0.39, 0.29) is 5.41 Å². The van der Waals surface area contributed by atoms with E-state index in [4.69, 9.17) is 21.1 Å². The molecule has 0 bridgehead atoms. The van der Waals surface area contributed by atoms with Crippen molar-refractivity contribution in [3.8, 4) is 6.07 Å². The number of esters is 1. The maximum absolute atomic E-state index is 14.9. The van der Waals surface area contributed by atoms with Crippen molar-refractivity contribution in [2.24, 2.45) is 11.3 Å². The highest BCUT2D eigenvalue weighted by Crippen LogP contribution is 2.64. The quantitative estimate of drug-likeness (QED) is 0.579. The molecule has 6 heteroatoms. The third kappa shape index (κ3) is 3.75. The maximum Gasteiger partial charge on any atom is 0.314 e. The average molecular weight is 416 g/mol. The van der Waals surface area contributed by atoms with Gasteiger partial charge in [-0.2, -0.15) is 5.26 Å². The summed E-state index contributed by atoms with van der Waals surface area (Å²) in [6.07, 6.45) is -2.52. The molecule has 4 unspecified atom stereocenters. The molecule has 0 amide bonds. The minimum Gasteiger partial charge on any atom is -0.442 e. The summed E-state index contributed by atoms with van der Waals surface area (Å²) < 4.78 is 25.9. The minimum atomic E-state index is -1.39. The topological polar surface area (TPSA) is 59.3 Å². The molecule has 2 aromatic rings. The molecule has 4 nitrogen and oxygen atoms in total. The molecule has 29 heavy (non-hydrogen) atoms. The van der Waals surface area contributed by atoms with Crippen LogP contribution in [0.4, 0.5) is 4.39 Å². The van der Waals surface area contributed by atoms with E-state index in [1.165, 1.54) is 0 Å². The van der Waals surface area contributed by atoms with Gasteiger partial charge >= 0.3 is 5.97 Å². The molecule has 4 atom stereocenters. The highest BCUT2D eigenvalue weighted by atomic mass is 35.5. The molecule has 1 fully saturated rings. The molecular formula is C23H23ClFNO3. The van der Waals surface area contributed by atoms with Crippen LogP contribution in [0.2, 0.25) is 5.02 Å².